The van der Waals surface area contributed by atoms with E-state index in [1.165, 1.54) is 43.2 Å². The van der Waals surface area contributed by atoms with Crippen molar-refractivity contribution in [3.63, 3.8) is 0 Å². The molecular formula is C39H53N9O10. The van der Waals surface area contributed by atoms with E-state index in [1.54, 1.807) is 48.5 Å². The molecule has 0 saturated heterocycles. The normalized spacial score (nSPS) is 13.0. The molecule has 314 valence electrons. The summed E-state index contributed by atoms with van der Waals surface area (Å²) < 4.78 is 10.3. The molecule has 19 heteroatoms. The number of nitrogens with zero attached hydrogens (tertiary/aromatic N) is 3. The minimum absolute atomic E-state index is 0.0911. The summed E-state index contributed by atoms with van der Waals surface area (Å²) in [5, 5.41) is 13.9. The van der Waals surface area contributed by atoms with Gasteiger partial charge in [-0.05, 0) is 55.0 Å². The van der Waals surface area contributed by atoms with Crippen molar-refractivity contribution in [2.24, 2.45) is 11.7 Å². The predicted molar refractivity (Wildman–Crippen MR) is 214 cm³/mol. The smallest absolute Gasteiger partial charge is 0.414 e. The van der Waals surface area contributed by atoms with Gasteiger partial charge in [-0.3, -0.25) is 38.7 Å². The Kier molecular flexibility index (Phi) is 18.1. The lowest BCUT2D eigenvalue weighted by molar-refractivity contribution is -0.137. The Morgan fingerprint density at radius 3 is 2.00 bits per heavy atom. The van der Waals surface area contributed by atoms with Crippen molar-refractivity contribution in [1.29, 1.82) is 0 Å². The summed E-state index contributed by atoms with van der Waals surface area (Å²) in [6, 6.07) is 10.9. The maximum atomic E-state index is 13.5. The van der Waals surface area contributed by atoms with Crippen LogP contribution in [0.15, 0.2) is 60.7 Å². The Morgan fingerprint density at radius 2 is 1.41 bits per heavy atom. The molecule has 0 aliphatic carbocycles. The van der Waals surface area contributed by atoms with Crippen LogP contribution in [0.2, 0.25) is 0 Å². The molecule has 19 nitrogen and oxygen atoms in total. The first-order valence-corrected chi connectivity index (χ1v) is 18.7. The van der Waals surface area contributed by atoms with Gasteiger partial charge in [0.25, 0.3) is 11.8 Å². The number of urea groups is 1. The van der Waals surface area contributed by atoms with Gasteiger partial charge in [0.15, 0.2) is 0 Å². The zero-order chi connectivity index (χ0) is 42.8. The highest BCUT2D eigenvalue weighted by Gasteiger charge is 2.28. The lowest BCUT2D eigenvalue weighted by Crippen LogP contribution is -2.54. The van der Waals surface area contributed by atoms with Crippen LogP contribution in [0.25, 0.3) is 0 Å². The third kappa shape index (κ3) is 14.2. The van der Waals surface area contributed by atoms with Crippen LogP contribution in [0.1, 0.15) is 45.1 Å². The second-order valence-electron chi connectivity index (χ2n) is 13.6. The molecule has 0 saturated carbocycles. The lowest BCUT2D eigenvalue weighted by atomic mass is 10.0. The van der Waals surface area contributed by atoms with Crippen LogP contribution >= 0.6 is 0 Å². The van der Waals surface area contributed by atoms with Crippen molar-refractivity contribution in [2.75, 3.05) is 62.5 Å². The summed E-state index contributed by atoms with van der Waals surface area (Å²) in [6.07, 6.45) is 2.00. The van der Waals surface area contributed by atoms with E-state index in [9.17, 15) is 38.4 Å². The minimum atomic E-state index is -0.994. The number of para-hydroxylation sites is 2. The van der Waals surface area contributed by atoms with Crippen molar-refractivity contribution in [2.45, 2.75) is 58.2 Å². The molecule has 2 aromatic rings. The van der Waals surface area contributed by atoms with Gasteiger partial charge in [-0.15, -0.1) is 0 Å². The maximum absolute atomic E-state index is 13.5. The van der Waals surface area contributed by atoms with Gasteiger partial charge in [0.05, 0.1) is 24.5 Å². The SMILES string of the molecule is COC(=O)N(C)c1ccccc1N(C)C(=O)OCc1ccc(NC(=O)[C@H](CCCNC(N)=O)NC(=O)[C@@H](NCCNC(=O)CCCN2C(=O)C=CC2=O)C(C)C)cc1. The van der Waals surface area contributed by atoms with Crippen LogP contribution < -0.4 is 42.1 Å². The second-order valence-corrected chi connectivity index (χ2v) is 13.6. The number of ether oxygens (including phenoxy) is 2. The number of imide groups is 1. The van der Waals surface area contributed by atoms with Crippen LogP contribution in [0, 0.1) is 5.92 Å². The molecule has 2 aromatic carbocycles. The number of benzene rings is 2. The summed E-state index contributed by atoms with van der Waals surface area (Å²) in [6.45, 7) is 4.33. The number of hydrogen-bond acceptors (Lipinski definition) is 11. The highest BCUT2D eigenvalue weighted by atomic mass is 16.6. The zero-order valence-corrected chi connectivity index (χ0v) is 33.4. The van der Waals surface area contributed by atoms with E-state index in [-0.39, 0.29) is 57.5 Å². The molecule has 0 fully saturated rings. The van der Waals surface area contributed by atoms with Gasteiger partial charge < -0.3 is 41.8 Å². The second kappa shape index (κ2) is 22.9. The number of amides is 9. The largest absolute Gasteiger partial charge is 0.452 e. The Balaban J connectivity index is 1.54. The fraction of sp³-hybridized carbons (Fsp3) is 0.436. The third-order valence-corrected chi connectivity index (χ3v) is 8.96. The highest BCUT2D eigenvalue weighted by molar-refractivity contribution is 6.12. The first kappa shape index (κ1) is 45.9. The fourth-order valence-electron chi connectivity index (χ4n) is 5.77. The van der Waals surface area contributed by atoms with Crippen molar-refractivity contribution < 1.29 is 47.8 Å². The maximum Gasteiger partial charge on any atom is 0.414 e. The Morgan fingerprint density at radius 1 is 0.793 bits per heavy atom. The van der Waals surface area contributed by atoms with Gasteiger partial charge in [0.2, 0.25) is 17.7 Å². The van der Waals surface area contributed by atoms with Gasteiger partial charge in [0.1, 0.15) is 12.6 Å². The van der Waals surface area contributed by atoms with E-state index < -0.39 is 53.9 Å². The standard InChI is InChI=1S/C39H53N9O10/c1-25(2)34(42-22-21-41-31(49)13-9-23-48-32(50)18-19-33(48)51)36(53)45-28(10-8-20-43-37(40)54)35(52)44-27-16-14-26(15-17-27)24-58-39(56)47(4)30-12-7-6-11-29(30)46(3)38(55)57-5/h6-7,11-12,14-19,25,28,34,42H,8-10,13,20-24H2,1-5H3,(H,41,49)(H,44,52)(H,45,53)(H3,40,43,54)/t28-,34-/m0/s1. The molecule has 2 atom stereocenters. The summed E-state index contributed by atoms with van der Waals surface area (Å²) >= 11 is 0. The molecule has 1 heterocycles. The average Bonchev–Trinajstić information content (AvgIpc) is 3.52. The van der Waals surface area contributed by atoms with Gasteiger partial charge in [0, 0.05) is 64.5 Å². The van der Waals surface area contributed by atoms with Crippen LogP contribution in [0.3, 0.4) is 0 Å². The molecule has 0 radical (unpaired) electrons. The molecule has 1 aliphatic heterocycles. The number of nitrogens with two attached hydrogens (primary N) is 1. The van der Waals surface area contributed by atoms with Crippen molar-refractivity contribution in [3.8, 4) is 0 Å². The summed E-state index contributed by atoms with van der Waals surface area (Å²) in [4.78, 5) is 102. The minimum Gasteiger partial charge on any atom is -0.452 e. The van der Waals surface area contributed by atoms with Crippen LogP contribution in [0.4, 0.5) is 31.4 Å². The van der Waals surface area contributed by atoms with Gasteiger partial charge in [-0.1, -0.05) is 38.1 Å². The molecule has 3 rings (SSSR count). The first-order chi connectivity index (χ1) is 27.6. The van der Waals surface area contributed by atoms with E-state index in [1.807, 2.05) is 13.8 Å². The molecule has 7 N–H and O–H groups in total. The zero-order valence-electron chi connectivity index (χ0n) is 33.4. The topological polar surface area (TPSA) is 251 Å². The number of methoxy groups -OCH3 is 1. The first-order valence-electron chi connectivity index (χ1n) is 18.7. The molecule has 0 aromatic heterocycles. The van der Waals surface area contributed by atoms with Crippen LogP contribution in [0.5, 0.6) is 0 Å². The Hall–Kier alpha value is -6.50. The molecule has 0 unspecified atom stereocenters. The van der Waals surface area contributed by atoms with Crippen LogP contribution in [-0.4, -0.2) is 112 Å². The average molecular weight is 808 g/mol. The number of anilines is 3. The molecule has 1 aliphatic rings. The number of nitrogens with one attached hydrogen (secondary N) is 5. The number of primary amides is 1. The number of carbonyl (C=O) groups is 8. The van der Waals surface area contributed by atoms with Crippen LogP contribution in [-0.2, 0) is 40.1 Å². The van der Waals surface area contributed by atoms with E-state index in [0.29, 0.717) is 35.5 Å². The van der Waals surface area contributed by atoms with Crippen molar-refractivity contribution in [3.05, 3.63) is 66.2 Å². The monoisotopic (exact) mass is 807 g/mol. The van der Waals surface area contributed by atoms with Crippen molar-refractivity contribution >= 4 is 64.8 Å². The Labute approximate surface area is 337 Å². The van der Waals surface area contributed by atoms with Gasteiger partial charge >= 0.3 is 18.2 Å². The summed E-state index contributed by atoms with van der Waals surface area (Å²) in [7, 11) is 4.29. The predicted octanol–water partition coefficient (Wildman–Crippen LogP) is 1.97. The number of hydrogen-bond donors (Lipinski definition) is 6. The molecule has 58 heavy (non-hydrogen) atoms. The summed E-state index contributed by atoms with van der Waals surface area (Å²) in [5.41, 5.74) is 7.07. The van der Waals surface area contributed by atoms with E-state index in [2.05, 4.69) is 26.6 Å². The van der Waals surface area contributed by atoms with E-state index in [4.69, 9.17) is 15.2 Å². The molecular weight excluding hydrogens is 754 g/mol. The lowest BCUT2D eigenvalue weighted by Gasteiger charge is -2.25. The quantitative estimate of drug-likeness (QED) is 0.0786. The molecule has 0 spiro atoms. The van der Waals surface area contributed by atoms with E-state index in [0.717, 1.165) is 4.90 Å². The number of carbonyl (C=O) groups excluding carboxylic acids is 8. The van der Waals surface area contributed by atoms with Gasteiger partial charge in [-0.25, -0.2) is 14.4 Å². The number of rotatable bonds is 21. The summed E-state index contributed by atoms with van der Waals surface area (Å²) in [5.74, 6) is -2.23. The van der Waals surface area contributed by atoms with Gasteiger partial charge in [-0.2, -0.15) is 0 Å². The third-order valence-electron chi connectivity index (χ3n) is 8.96. The van der Waals surface area contributed by atoms with Crippen molar-refractivity contribution in [1.82, 2.24) is 26.2 Å². The highest BCUT2D eigenvalue weighted by Crippen LogP contribution is 2.29. The van der Waals surface area contributed by atoms with E-state index >= 15 is 0 Å². The Bertz CT molecular complexity index is 1800. The fourth-order valence-corrected chi connectivity index (χ4v) is 5.77. The molecule has 9 amide bonds. The molecule has 0 bridgehead atoms.